The molecule has 0 aliphatic carbocycles. The van der Waals surface area contributed by atoms with Gasteiger partial charge >= 0.3 is 0 Å². The summed E-state index contributed by atoms with van der Waals surface area (Å²) >= 11 is 0. The van der Waals surface area contributed by atoms with E-state index in [4.69, 9.17) is 0 Å². The summed E-state index contributed by atoms with van der Waals surface area (Å²) in [5.74, 6) is -0.386. The highest BCUT2D eigenvalue weighted by Crippen LogP contribution is 2.15. The van der Waals surface area contributed by atoms with Crippen molar-refractivity contribution in [1.82, 2.24) is 10.3 Å². The molecule has 0 unspecified atom stereocenters. The van der Waals surface area contributed by atoms with E-state index in [9.17, 15) is 9.18 Å². The SMILES string of the molecule is CCCNc1nccc(C(=O)NCC(CC)CC)c1F. The van der Waals surface area contributed by atoms with Gasteiger partial charge in [-0.25, -0.2) is 9.37 Å². The molecule has 0 radical (unpaired) electrons. The topological polar surface area (TPSA) is 54.0 Å². The summed E-state index contributed by atoms with van der Waals surface area (Å²) < 4.78 is 14.1. The molecule has 112 valence electrons. The lowest BCUT2D eigenvalue weighted by Gasteiger charge is -2.14. The molecule has 0 bridgehead atoms. The fraction of sp³-hybridized carbons (Fsp3) is 0.600. The fourth-order valence-corrected chi connectivity index (χ4v) is 1.90. The first-order chi connectivity index (χ1) is 9.63. The number of pyridine rings is 1. The zero-order valence-corrected chi connectivity index (χ0v) is 12.5. The van der Waals surface area contributed by atoms with Crippen LogP contribution in [0.25, 0.3) is 0 Å². The van der Waals surface area contributed by atoms with Gasteiger partial charge in [-0.05, 0) is 18.4 Å². The van der Waals surface area contributed by atoms with E-state index in [1.165, 1.54) is 12.3 Å². The first kappa shape index (κ1) is 16.4. The lowest BCUT2D eigenvalue weighted by molar-refractivity contribution is 0.0942. The van der Waals surface area contributed by atoms with Crippen LogP contribution >= 0.6 is 0 Å². The highest BCUT2D eigenvalue weighted by molar-refractivity contribution is 5.95. The average molecular weight is 281 g/mol. The summed E-state index contributed by atoms with van der Waals surface area (Å²) in [5, 5.41) is 5.67. The molecule has 0 saturated carbocycles. The van der Waals surface area contributed by atoms with E-state index in [-0.39, 0.29) is 17.3 Å². The van der Waals surface area contributed by atoms with Crippen molar-refractivity contribution in [3.8, 4) is 0 Å². The van der Waals surface area contributed by atoms with E-state index in [1.54, 1.807) is 0 Å². The van der Waals surface area contributed by atoms with E-state index in [0.717, 1.165) is 19.3 Å². The van der Waals surface area contributed by atoms with E-state index in [1.807, 2.05) is 6.92 Å². The van der Waals surface area contributed by atoms with Gasteiger partial charge in [0.2, 0.25) is 0 Å². The Morgan fingerprint density at radius 3 is 2.65 bits per heavy atom. The molecular weight excluding hydrogens is 257 g/mol. The fourth-order valence-electron chi connectivity index (χ4n) is 1.90. The lowest BCUT2D eigenvalue weighted by Crippen LogP contribution is -2.29. The number of nitrogens with one attached hydrogen (secondary N) is 2. The largest absolute Gasteiger partial charge is 0.368 e. The molecule has 0 spiro atoms. The molecule has 1 aromatic heterocycles. The number of halogens is 1. The highest BCUT2D eigenvalue weighted by Gasteiger charge is 2.16. The van der Waals surface area contributed by atoms with Gasteiger partial charge in [0.05, 0.1) is 5.56 Å². The van der Waals surface area contributed by atoms with Gasteiger partial charge in [-0.15, -0.1) is 0 Å². The van der Waals surface area contributed by atoms with Crippen molar-refractivity contribution < 1.29 is 9.18 Å². The van der Waals surface area contributed by atoms with Gasteiger partial charge in [-0.1, -0.05) is 33.6 Å². The van der Waals surface area contributed by atoms with Crippen molar-refractivity contribution in [1.29, 1.82) is 0 Å². The normalized spacial score (nSPS) is 10.7. The number of hydrogen-bond acceptors (Lipinski definition) is 3. The highest BCUT2D eigenvalue weighted by atomic mass is 19.1. The molecule has 0 atom stereocenters. The molecule has 0 aliphatic heterocycles. The van der Waals surface area contributed by atoms with Crippen LogP contribution in [0.5, 0.6) is 0 Å². The lowest BCUT2D eigenvalue weighted by atomic mass is 10.0. The molecular formula is C15H24FN3O. The van der Waals surface area contributed by atoms with Crippen LogP contribution in [0, 0.1) is 11.7 Å². The Hall–Kier alpha value is -1.65. The van der Waals surface area contributed by atoms with Gasteiger partial charge in [-0.2, -0.15) is 0 Å². The van der Waals surface area contributed by atoms with E-state index < -0.39 is 5.82 Å². The molecule has 1 aromatic rings. The van der Waals surface area contributed by atoms with E-state index >= 15 is 0 Å². The predicted octanol–water partition coefficient (Wildman–Crippen LogP) is 3.21. The first-order valence-corrected chi connectivity index (χ1v) is 7.30. The maximum absolute atomic E-state index is 14.1. The summed E-state index contributed by atoms with van der Waals surface area (Å²) in [5.41, 5.74) is 0.0459. The summed E-state index contributed by atoms with van der Waals surface area (Å²) in [6.07, 6.45) is 4.32. The molecule has 0 aliphatic rings. The van der Waals surface area contributed by atoms with Gasteiger partial charge in [0.25, 0.3) is 5.91 Å². The van der Waals surface area contributed by atoms with Crippen LogP contribution in [0.3, 0.4) is 0 Å². The smallest absolute Gasteiger partial charge is 0.254 e. The molecule has 0 fully saturated rings. The molecule has 20 heavy (non-hydrogen) atoms. The number of nitrogens with zero attached hydrogens (tertiary/aromatic N) is 1. The summed E-state index contributed by atoms with van der Waals surface area (Å²) in [6.45, 7) is 7.35. The van der Waals surface area contributed by atoms with Crippen LogP contribution < -0.4 is 10.6 Å². The first-order valence-electron chi connectivity index (χ1n) is 7.30. The second kappa shape index (κ2) is 8.51. The van der Waals surface area contributed by atoms with E-state index in [0.29, 0.717) is 19.0 Å². The standard InChI is InChI=1S/C15H24FN3O/c1-4-8-17-14-13(16)12(7-9-18-14)15(20)19-10-11(5-2)6-3/h7,9,11H,4-6,8,10H2,1-3H3,(H,17,18)(H,19,20). The Morgan fingerprint density at radius 2 is 2.05 bits per heavy atom. The quantitative estimate of drug-likeness (QED) is 0.769. The van der Waals surface area contributed by atoms with Gasteiger partial charge in [0, 0.05) is 19.3 Å². The molecule has 4 nitrogen and oxygen atoms in total. The Kier molecular flexibility index (Phi) is 6.98. The Morgan fingerprint density at radius 1 is 1.35 bits per heavy atom. The minimum Gasteiger partial charge on any atom is -0.368 e. The number of hydrogen-bond donors (Lipinski definition) is 2. The van der Waals surface area contributed by atoms with Gasteiger partial charge in [0.15, 0.2) is 11.6 Å². The van der Waals surface area contributed by atoms with Crippen molar-refractivity contribution in [2.75, 3.05) is 18.4 Å². The van der Waals surface area contributed by atoms with Crippen molar-refractivity contribution in [2.45, 2.75) is 40.0 Å². The molecule has 1 heterocycles. The minimum absolute atomic E-state index is 0.0459. The number of carbonyl (C=O) groups is 1. The monoisotopic (exact) mass is 281 g/mol. The van der Waals surface area contributed by atoms with Crippen molar-refractivity contribution in [3.63, 3.8) is 0 Å². The van der Waals surface area contributed by atoms with Crippen molar-refractivity contribution in [3.05, 3.63) is 23.6 Å². The van der Waals surface area contributed by atoms with Crippen LogP contribution in [0.15, 0.2) is 12.3 Å². The predicted molar refractivity (Wildman–Crippen MR) is 79.4 cm³/mol. The molecule has 1 amide bonds. The van der Waals surface area contributed by atoms with Crippen LogP contribution in [-0.2, 0) is 0 Å². The molecule has 5 heteroatoms. The molecule has 0 aromatic carbocycles. The number of amides is 1. The number of aromatic nitrogens is 1. The third-order valence-corrected chi connectivity index (χ3v) is 3.38. The second-order valence-electron chi connectivity index (χ2n) is 4.84. The third kappa shape index (κ3) is 4.47. The molecule has 1 rings (SSSR count). The van der Waals surface area contributed by atoms with Gasteiger partial charge in [0.1, 0.15) is 0 Å². The molecule has 2 N–H and O–H groups in total. The number of carbonyl (C=O) groups excluding carboxylic acids is 1. The van der Waals surface area contributed by atoms with Crippen LogP contribution in [0.4, 0.5) is 10.2 Å². The van der Waals surface area contributed by atoms with Crippen molar-refractivity contribution >= 4 is 11.7 Å². The number of rotatable bonds is 8. The summed E-state index contributed by atoms with van der Waals surface area (Å²) in [7, 11) is 0. The van der Waals surface area contributed by atoms with Crippen molar-refractivity contribution in [2.24, 2.45) is 5.92 Å². The maximum atomic E-state index is 14.1. The summed E-state index contributed by atoms with van der Waals surface area (Å²) in [6, 6.07) is 1.41. The van der Waals surface area contributed by atoms with Crippen LogP contribution in [0.1, 0.15) is 50.4 Å². The molecule has 0 saturated heterocycles. The van der Waals surface area contributed by atoms with E-state index in [2.05, 4.69) is 29.5 Å². The Labute approximate surface area is 120 Å². The Bertz CT molecular complexity index is 433. The maximum Gasteiger partial charge on any atom is 0.254 e. The summed E-state index contributed by atoms with van der Waals surface area (Å²) in [4.78, 5) is 15.9. The minimum atomic E-state index is -0.581. The Balaban J connectivity index is 2.72. The third-order valence-electron chi connectivity index (χ3n) is 3.38. The van der Waals surface area contributed by atoms with Crippen LogP contribution in [-0.4, -0.2) is 24.0 Å². The van der Waals surface area contributed by atoms with Crippen LogP contribution in [0.2, 0.25) is 0 Å². The zero-order chi connectivity index (χ0) is 15.0. The second-order valence-corrected chi connectivity index (χ2v) is 4.84. The van der Waals surface area contributed by atoms with Gasteiger partial charge < -0.3 is 10.6 Å². The zero-order valence-electron chi connectivity index (χ0n) is 12.5. The average Bonchev–Trinajstić information content (AvgIpc) is 2.47. The van der Waals surface area contributed by atoms with Gasteiger partial charge in [-0.3, -0.25) is 4.79 Å². The number of anilines is 1.